The molecule has 1 aromatic heterocycles. The molecule has 0 spiro atoms. The standard InChI is InChI=1S/C15H16Cl2N4O2S/c1-9-18-13(20-10-5-6-24(22,23)8-10)7-14(19-9)21-12-4-2-3-11(16)15(12)17/h2-4,7,10H,5-6,8H2,1H3,(H2,18,19,20,21). The summed E-state index contributed by atoms with van der Waals surface area (Å²) in [5.41, 5.74) is 0.636. The van der Waals surface area contributed by atoms with E-state index in [1.165, 1.54) is 0 Å². The lowest BCUT2D eigenvalue weighted by molar-refractivity contribution is 0.602. The third-order valence-electron chi connectivity index (χ3n) is 3.64. The first-order chi connectivity index (χ1) is 11.3. The normalized spacial score (nSPS) is 19.2. The van der Waals surface area contributed by atoms with Crippen LogP contribution in [0.2, 0.25) is 10.0 Å². The molecule has 2 heterocycles. The minimum absolute atomic E-state index is 0.124. The van der Waals surface area contributed by atoms with E-state index in [9.17, 15) is 8.42 Å². The third-order valence-corrected chi connectivity index (χ3v) is 6.22. The SMILES string of the molecule is Cc1nc(Nc2cccc(Cl)c2Cl)cc(NC2CCS(=O)(=O)C2)n1. The Labute approximate surface area is 150 Å². The van der Waals surface area contributed by atoms with E-state index in [1.807, 2.05) is 0 Å². The molecule has 0 radical (unpaired) electrons. The van der Waals surface area contributed by atoms with Crippen molar-refractivity contribution in [3.05, 3.63) is 40.1 Å². The average molecular weight is 387 g/mol. The Hall–Kier alpha value is -1.57. The number of hydrogen-bond acceptors (Lipinski definition) is 6. The van der Waals surface area contributed by atoms with Gasteiger partial charge in [0.05, 0.1) is 27.2 Å². The van der Waals surface area contributed by atoms with Gasteiger partial charge in [-0.15, -0.1) is 0 Å². The largest absolute Gasteiger partial charge is 0.366 e. The fraction of sp³-hybridized carbons (Fsp3) is 0.333. The molecule has 1 aliphatic heterocycles. The molecule has 3 rings (SSSR count). The first-order valence-electron chi connectivity index (χ1n) is 7.36. The molecule has 0 amide bonds. The van der Waals surface area contributed by atoms with Crippen molar-refractivity contribution in [2.45, 2.75) is 19.4 Å². The second-order valence-electron chi connectivity index (χ2n) is 5.66. The van der Waals surface area contributed by atoms with E-state index in [0.29, 0.717) is 39.6 Å². The van der Waals surface area contributed by atoms with Gasteiger partial charge in [-0.2, -0.15) is 0 Å². The molecule has 1 fully saturated rings. The van der Waals surface area contributed by atoms with Crippen LogP contribution in [0.15, 0.2) is 24.3 Å². The molecule has 1 unspecified atom stereocenters. The number of sulfone groups is 1. The van der Waals surface area contributed by atoms with Gasteiger partial charge >= 0.3 is 0 Å². The lowest BCUT2D eigenvalue weighted by Crippen LogP contribution is -2.21. The first kappa shape index (κ1) is 17.3. The number of hydrogen-bond donors (Lipinski definition) is 2. The van der Waals surface area contributed by atoms with Crippen LogP contribution >= 0.6 is 23.2 Å². The quantitative estimate of drug-likeness (QED) is 0.836. The molecule has 0 bridgehead atoms. The number of nitrogens with zero attached hydrogens (tertiary/aromatic N) is 2. The van der Waals surface area contributed by atoms with Gasteiger partial charge in [-0.3, -0.25) is 0 Å². The molecule has 9 heteroatoms. The van der Waals surface area contributed by atoms with Crippen molar-refractivity contribution >= 4 is 50.4 Å². The summed E-state index contributed by atoms with van der Waals surface area (Å²) < 4.78 is 23.1. The maximum Gasteiger partial charge on any atom is 0.152 e. The van der Waals surface area contributed by atoms with Crippen LogP contribution in [0, 0.1) is 6.92 Å². The highest BCUT2D eigenvalue weighted by Gasteiger charge is 2.28. The third kappa shape index (κ3) is 4.09. The molecular weight excluding hydrogens is 371 g/mol. The summed E-state index contributed by atoms with van der Waals surface area (Å²) in [4.78, 5) is 8.63. The molecule has 2 aromatic rings. The highest BCUT2D eigenvalue weighted by Crippen LogP contribution is 2.31. The predicted octanol–water partition coefficient (Wildman–Crippen LogP) is 3.43. The number of aromatic nitrogens is 2. The summed E-state index contributed by atoms with van der Waals surface area (Å²) in [6.45, 7) is 1.77. The van der Waals surface area contributed by atoms with Crippen molar-refractivity contribution in [2.75, 3.05) is 22.1 Å². The second-order valence-corrected chi connectivity index (χ2v) is 8.67. The molecule has 6 nitrogen and oxygen atoms in total. The molecule has 0 aliphatic carbocycles. The van der Waals surface area contributed by atoms with Crippen LogP contribution in [0.3, 0.4) is 0 Å². The minimum Gasteiger partial charge on any atom is -0.366 e. The number of halogens is 2. The van der Waals surface area contributed by atoms with E-state index < -0.39 is 9.84 Å². The van der Waals surface area contributed by atoms with Crippen molar-refractivity contribution in [1.29, 1.82) is 0 Å². The van der Waals surface area contributed by atoms with Crippen molar-refractivity contribution < 1.29 is 8.42 Å². The zero-order valence-corrected chi connectivity index (χ0v) is 15.2. The second kappa shape index (κ2) is 6.74. The Kier molecular flexibility index (Phi) is 4.85. The fourth-order valence-electron chi connectivity index (χ4n) is 2.56. The molecule has 2 N–H and O–H groups in total. The van der Waals surface area contributed by atoms with E-state index in [0.717, 1.165) is 0 Å². The van der Waals surface area contributed by atoms with Crippen molar-refractivity contribution in [3.63, 3.8) is 0 Å². The Morgan fingerprint density at radius 3 is 2.67 bits per heavy atom. The Bertz CT molecular complexity index is 874. The van der Waals surface area contributed by atoms with Gasteiger partial charge in [0.2, 0.25) is 0 Å². The van der Waals surface area contributed by atoms with Crippen LogP contribution < -0.4 is 10.6 Å². The Morgan fingerprint density at radius 2 is 1.96 bits per heavy atom. The molecular formula is C15H16Cl2N4O2S. The lowest BCUT2D eigenvalue weighted by atomic mass is 10.2. The number of aryl methyl sites for hydroxylation is 1. The van der Waals surface area contributed by atoms with Gasteiger partial charge < -0.3 is 10.6 Å². The minimum atomic E-state index is -2.95. The van der Waals surface area contributed by atoms with E-state index in [-0.39, 0.29) is 17.5 Å². The summed E-state index contributed by atoms with van der Waals surface area (Å²) in [5.74, 6) is 2.01. The zero-order valence-electron chi connectivity index (χ0n) is 12.9. The van der Waals surface area contributed by atoms with Gasteiger partial charge in [0, 0.05) is 12.1 Å². The average Bonchev–Trinajstić information content (AvgIpc) is 2.82. The maximum absolute atomic E-state index is 11.6. The molecule has 128 valence electrons. The van der Waals surface area contributed by atoms with Crippen LogP contribution in [0.4, 0.5) is 17.3 Å². The van der Waals surface area contributed by atoms with Crippen LogP contribution in [0.1, 0.15) is 12.2 Å². The number of benzene rings is 1. The van der Waals surface area contributed by atoms with Crippen LogP contribution in [-0.2, 0) is 9.84 Å². The first-order valence-corrected chi connectivity index (χ1v) is 9.94. The van der Waals surface area contributed by atoms with Gasteiger partial charge in [-0.25, -0.2) is 18.4 Å². The topological polar surface area (TPSA) is 84.0 Å². The van der Waals surface area contributed by atoms with Gasteiger partial charge in [-0.05, 0) is 25.5 Å². The van der Waals surface area contributed by atoms with E-state index >= 15 is 0 Å². The van der Waals surface area contributed by atoms with Crippen LogP contribution in [0.25, 0.3) is 0 Å². The van der Waals surface area contributed by atoms with Crippen molar-refractivity contribution in [3.8, 4) is 0 Å². The summed E-state index contributed by atoms with van der Waals surface area (Å²) >= 11 is 12.2. The summed E-state index contributed by atoms with van der Waals surface area (Å²) in [5, 5.41) is 7.13. The van der Waals surface area contributed by atoms with Crippen molar-refractivity contribution in [2.24, 2.45) is 0 Å². The molecule has 1 aliphatic rings. The van der Waals surface area contributed by atoms with Crippen LogP contribution in [0.5, 0.6) is 0 Å². The lowest BCUT2D eigenvalue weighted by Gasteiger charge is -2.14. The number of anilines is 3. The zero-order chi connectivity index (χ0) is 17.3. The highest BCUT2D eigenvalue weighted by molar-refractivity contribution is 7.91. The monoisotopic (exact) mass is 386 g/mol. The maximum atomic E-state index is 11.6. The Morgan fingerprint density at radius 1 is 1.21 bits per heavy atom. The van der Waals surface area contributed by atoms with Gasteiger partial charge in [0.25, 0.3) is 0 Å². The summed E-state index contributed by atoms with van der Waals surface area (Å²) in [6, 6.07) is 6.87. The predicted molar refractivity (Wildman–Crippen MR) is 97.2 cm³/mol. The van der Waals surface area contributed by atoms with E-state index in [2.05, 4.69) is 20.6 Å². The van der Waals surface area contributed by atoms with Gasteiger partial charge in [-0.1, -0.05) is 29.3 Å². The number of rotatable bonds is 4. The van der Waals surface area contributed by atoms with Gasteiger partial charge in [0.15, 0.2) is 9.84 Å². The number of nitrogens with one attached hydrogen (secondary N) is 2. The van der Waals surface area contributed by atoms with Crippen LogP contribution in [-0.4, -0.2) is 35.9 Å². The van der Waals surface area contributed by atoms with Gasteiger partial charge in [0.1, 0.15) is 17.5 Å². The smallest absolute Gasteiger partial charge is 0.152 e. The molecule has 24 heavy (non-hydrogen) atoms. The molecule has 1 atom stereocenters. The molecule has 1 aromatic carbocycles. The summed E-state index contributed by atoms with van der Waals surface area (Å²) in [7, 11) is -2.95. The summed E-state index contributed by atoms with van der Waals surface area (Å²) in [6.07, 6.45) is 0.578. The molecule has 1 saturated heterocycles. The van der Waals surface area contributed by atoms with E-state index in [4.69, 9.17) is 23.2 Å². The highest BCUT2D eigenvalue weighted by atomic mass is 35.5. The van der Waals surface area contributed by atoms with E-state index in [1.54, 1.807) is 31.2 Å². The Balaban J connectivity index is 1.80. The molecule has 0 saturated carbocycles. The fourth-order valence-corrected chi connectivity index (χ4v) is 4.58. The van der Waals surface area contributed by atoms with Crippen molar-refractivity contribution in [1.82, 2.24) is 9.97 Å².